The lowest BCUT2D eigenvalue weighted by Gasteiger charge is -2.45. The van der Waals surface area contributed by atoms with Gasteiger partial charge in [0.25, 0.3) is 0 Å². The fourth-order valence-corrected chi connectivity index (χ4v) is 5.00. The van der Waals surface area contributed by atoms with Gasteiger partial charge in [-0.25, -0.2) is 19.4 Å². The Bertz CT molecular complexity index is 944. The number of aryl methyl sites for hydroxylation is 1. The van der Waals surface area contributed by atoms with E-state index in [9.17, 15) is 4.79 Å². The van der Waals surface area contributed by atoms with Crippen molar-refractivity contribution in [2.24, 2.45) is 0 Å². The van der Waals surface area contributed by atoms with E-state index < -0.39 is 5.60 Å². The number of carbonyl (C=O) groups is 1. The molecule has 2 N–H and O–H groups in total. The molecule has 0 unspecified atom stereocenters. The summed E-state index contributed by atoms with van der Waals surface area (Å²) in [6.45, 7) is 16.3. The van der Waals surface area contributed by atoms with Gasteiger partial charge < -0.3 is 15.4 Å². The van der Waals surface area contributed by atoms with Gasteiger partial charge in [-0.2, -0.15) is 5.10 Å². The zero-order valence-electron chi connectivity index (χ0n) is 21.3. The van der Waals surface area contributed by atoms with E-state index in [1.54, 1.807) is 0 Å². The summed E-state index contributed by atoms with van der Waals surface area (Å²) in [5, 5.41) is 5.62. The van der Waals surface area contributed by atoms with E-state index in [-0.39, 0.29) is 12.1 Å². The van der Waals surface area contributed by atoms with Crippen molar-refractivity contribution in [1.82, 2.24) is 29.5 Å². The van der Waals surface area contributed by atoms with E-state index in [1.165, 1.54) is 6.33 Å². The summed E-state index contributed by atoms with van der Waals surface area (Å²) in [4.78, 5) is 25.5. The van der Waals surface area contributed by atoms with Gasteiger partial charge in [-0.15, -0.1) is 0 Å². The summed E-state index contributed by atoms with van der Waals surface area (Å²) in [5.41, 5.74) is 7.32. The van der Waals surface area contributed by atoms with Crippen molar-refractivity contribution in [2.45, 2.75) is 97.9 Å². The number of hydrogen-bond acceptors (Lipinski definition) is 7. The van der Waals surface area contributed by atoms with Crippen LogP contribution in [0.2, 0.25) is 0 Å². The molecule has 4 rings (SSSR count). The van der Waals surface area contributed by atoms with Crippen LogP contribution in [0.5, 0.6) is 0 Å². The highest BCUT2D eigenvalue weighted by molar-refractivity contribution is 5.87. The van der Waals surface area contributed by atoms with Gasteiger partial charge in [0.1, 0.15) is 17.7 Å². The first-order valence-electron chi connectivity index (χ1n) is 12.3. The zero-order chi connectivity index (χ0) is 24.3. The molecular weight excluding hydrogens is 418 g/mol. The van der Waals surface area contributed by atoms with Crippen LogP contribution in [0.3, 0.4) is 0 Å². The summed E-state index contributed by atoms with van der Waals surface area (Å²) in [6.07, 6.45) is 5.67. The van der Waals surface area contributed by atoms with Crippen molar-refractivity contribution in [3.63, 3.8) is 0 Å². The Morgan fingerprint density at radius 1 is 1.09 bits per heavy atom. The number of nitrogens with zero attached hydrogens (tertiary/aromatic N) is 6. The maximum atomic E-state index is 12.5. The molecule has 1 amide bonds. The molecular formula is C24H41N7O2. The third-order valence-electron chi connectivity index (χ3n) is 6.51. The van der Waals surface area contributed by atoms with Crippen LogP contribution in [-0.2, 0) is 4.74 Å². The highest BCUT2D eigenvalue weighted by Gasteiger charge is 2.35. The van der Waals surface area contributed by atoms with Crippen LogP contribution in [0.4, 0.5) is 10.6 Å². The molecule has 2 fully saturated rings. The number of piperazine rings is 1. The largest absolute Gasteiger partial charge is 0.444 e. The number of fused-ring (bicyclic) bond motifs is 1. The van der Waals surface area contributed by atoms with Crippen LogP contribution in [0.25, 0.3) is 11.0 Å². The van der Waals surface area contributed by atoms with E-state index in [0.717, 1.165) is 62.0 Å². The van der Waals surface area contributed by atoms with E-state index in [4.69, 9.17) is 15.6 Å². The predicted octanol–water partition coefficient (Wildman–Crippen LogP) is 4.17. The molecule has 3 heterocycles. The number of amides is 1. The smallest absolute Gasteiger partial charge is 0.410 e. The predicted molar refractivity (Wildman–Crippen MR) is 131 cm³/mol. The van der Waals surface area contributed by atoms with Crippen LogP contribution >= 0.6 is 0 Å². The molecule has 2 aromatic heterocycles. The molecule has 1 saturated carbocycles. The van der Waals surface area contributed by atoms with Crippen LogP contribution in [0.1, 0.15) is 79.0 Å². The Morgan fingerprint density at radius 2 is 1.73 bits per heavy atom. The van der Waals surface area contributed by atoms with Crippen LogP contribution in [0, 0.1) is 6.92 Å². The number of nitrogen functional groups attached to an aromatic ring is 1. The van der Waals surface area contributed by atoms with Gasteiger partial charge in [-0.3, -0.25) is 4.90 Å². The Hall–Kier alpha value is -2.42. The SMILES string of the molecule is CC.Cc1nn(C2CCC(N3CCN(C(=O)OC(C)(C)C)[C@@H](C)C3)CC2)c2ncnc(N)c12. The molecule has 33 heavy (non-hydrogen) atoms. The Balaban J connectivity index is 0.00000149. The average molecular weight is 460 g/mol. The molecule has 2 aliphatic rings. The topological polar surface area (TPSA) is 102 Å². The highest BCUT2D eigenvalue weighted by atomic mass is 16.6. The molecule has 1 aliphatic carbocycles. The van der Waals surface area contributed by atoms with Crippen LogP contribution < -0.4 is 5.73 Å². The van der Waals surface area contributed by atoms with Crippen molar-refractivity contribution in [3.8, 4) is 0 Å². The molecule has 2 aromatic rings. The van der Waals surface area contributed by atoms with Gasteiger partial charge in [0.05, 0.1) is 17.1 Å². The van der Waals surface area contributed by atoms with Gasteiger partial charge in [-0.05, 0) is 60.3 Å². The highest BCUT2D eigenvalue weighted by Crippen LogP contribution is 2.34. The fourth-order valence-electron chi connectivity index (χ4n) is 5.00. The van der Waals surface area contributed by atoms with Gasteiger partial charge in [0.15, 0.2) is 5.65 Å². The lowest BCUT2D eigenvalue weighted by Crippen LogP contribution is -2.57. The first kappa shape index (κ1) is 25.2. The monoisotopic (exact) mass is 459 g/mol. The first-order chi connectivity index (χ1) is 15.6. The van der Waals surface area contributed by atoms with Crippen molar-refractivity contribution in [1.29, 1.82) is 0 Å². The molecule has 0 radical (unpaired) electrons. The minimum atomic E-state index is -0.461. The number of nitrogens with two attached hydrogens (primary N) is 1. The second-order valence-electron chi connectivity index (χ2n) is 9.97. The second-order valence-corrected chi connectivity index (χ2v) is 9.97. The zero-order valence-corrected chi connectivity index (χ0v) is 21.3. The maximum absolute atomic E-state index is 12.5. The van der Waals surface area contributed by atoms with Gasteiger partial charge in [0, 0.05) is 31.7 Å². The average Bonchev–Trinajstić information content (AvgIpc) is 3.11. The van der Waals surface area contributed by atoms with Crippen molar-refractivity contribution in [2.75, 3.05) is 25.4 Å². The van der Waals surface area contributed by atoms with Crippen molar-refractivity contribution in [3.05, 3.63) is 12.0 Å². The van der Waals surface area contributed by atoms with Crippen molar-refractivity contribution < 1.29 is 9.53 Å². The molecule has 0 bridgehead atoms. The van der Waals surface area contributed by atoms with Gasteiger partial charge in [0.2, 0.25) is 0 Å². The fraction of sp³-hybridized carbons (Fsp3) is 0.750. The minimum absolute atomic E-state index is 0.152. The third-order valence-corrected chi connectivity index (χ3v) is 6.51. The number of aromatic nitrogens is 4. The number of anilines is 1. The number of hydrogen-bond donors (Lipinski definition) is 1. The molecule has 184 valence electrons. The number of rotatable bonds is 2. The molecule has 1 atom stereocenters. The van der Waals surface area contributed by atoms with Crippen molar-refractivity contribution >= 4 is 22.9 Å². The van der Waals surface area contributed by atoms with E-state index >= 15 is 0 Å². The summed E-state index contributed by atoms with van der Waals surface area (Å²) < 4.78 is 7.63. The van der Waals surface area contributed by atoms with Gasteiger partial charge in [-0.1, -0.05) is 13.8 Å². The quantitative estimate of drug-likeness (QED) is 0.719. The van der Waals surface area contributed by atoms with Crippen LogP contribution in [-0.4, -0.2) is 73.0 Å². The molecule has 9 heteroatoms. The molecule has 9 nitrogen and oxygen atoms in total. The van der Waals surface area contributed by atoms with E-state index in [1.807, 2.05) is 46.4 Å². The lowest BCUT2D eigenvalue weighted by atomic mass is 9.89. The lowest BCUT2D eigenvalue weighted by molar-refractivity contribution is -0.00823. The van der Waals surface area contributed by atoms with Crippen LogP contribution in [0.15, 0.2) is 6.33 Å². The standard InChI is InChI=1S/C22H35N7O2.C2H6/c1-14-12-27(10-11-28(14)21(30)31-22(3,4)5)16-6-8-17(9-7-16)29-20-18(15(2)26-29)19(23)24-13-25-20;1-2/h13-14,16-17H,6-12H2,1-5H3,(H2,23,24,25);1-2H3/t14-,16?,17?;/m0./s1. The molecule has 0 aromatic carbocycles. The van der Waals surface area contributed by atoms with Gasteiger partial charge >= 0.3 is 6.09 Å². The normalized spacial score (nSPS) is 24.3. The van der Waals surface area contributed by atoms with E-state index in [2.05, 4.69) is 26.5 Å². The molecule has 1 saturated heterocycles. The Kier molecular flexibility index (Phi) is 7.82. The number of ether oxygens (including phenoxy) is 1. The van der Waals surface area contributed by atoms with E-state index in [0.29, 0.717) is 17.9 Å². The third kappa shape index (κ3) is 5.57. The maximum Gasteiger partial charge on any atom is 0.410 e. The Labute approximate surface area is 197 Å². The summed E-state index contributed by atoms with van der Waals surface area (Å²) >= 11 is 0. The summed E-state index contributed by atoms with van der Waals surface area (Å²) in [6, 6.07) is 1.03. The molecule has 0 spiro atoms. The molecule has 1 aliphatic heterocycles. The summed E-state index contributed by atoms with van der Waals surface area (Å²) in [7, 11) is 0. The second kappa shape index (κ2) is 10.2. The first-order valence-corrected chi connectivity index (χ1v) is 12.3. The summed E-state index contributed by atoms with van der Waals surface area (Å²) in [5.74, 6) is 0.499. The minimum Gasteiger partial charge on any atom is -0.444 e. The number of carbonyl (C=O) groups excluding carboxylic acids is 1. The Morgan fingerprint density at radius 3 is 2.33 bits per heavy atom.